The lowest BCUT2D eigenvalue weighted by molar-refractivity contribution is -0.235. The number of rotatable bonds is 3. The molecule has 0 N–H and O–H groups in total. The summed E-state index contributed by atoms with van der Waals surface area (Å²) in [7, 11) is 0. The summed E-state index contributed by atoms with van der Waals surface area (Å²) in [5, 5.41) is 0. The van der Waals surface area contributed by atoms with Gasteiger partial charge in [-0.1, -0.05) is 13.0 Å². The molecule has 0 aromatic rings. The van der Waals surface area contributed by atoms with Crippen molar-refractivity contribution in [1.82, 2.24) is 0 Å². The van der Waals surface area contributed by atoms with Gasteiger partial charge >= 0.3 is 0 Å². The van der Waals surface area contributed by atoms with Gasteiger partial charge in [0.1, 0.15) is 12.2 Å². The molecule has 5 atom stereocenters. The van der Waals surface area contributed by atoms with Crippen LogP contribution in [0.1, 0.15) is 41.0 Å². The van der Waals surface area contributed by atoms with Gasteiger partial charge in [0.2, 0.25) is 0 Å². The van der Waals surface area contributed by atoms with Crippen molar-refractivity contribution in [3.8, 4) is 0 Å². The molecule has 0 radical (unpaired) electrons. The SMILES string of the molecule is C=CC[C@@]1(C)[C@H](C2COC(C)(C)O2)O[C@@H]2OC(C)(C)O[C@@H]21. The summed E-state index contributed by atoms with van der Waals surface area (Å²) in [6.07, 6.45) is 1.95. The molecule has 0 spiro atoms. The van der Waals surface area contributed by atoms with Gasteiger partial charge in [-0.3, -0.25) is 0 Å². The fraction of sp³-hybridized carbons (Fsp3) is 0.875. The van der Waals surface area contributed by atoms with E-state index in [1.807, 2.05) is 33.8 Å². The van der Waals surface area contributed by atoms with Crippen molar-refractivity contribution in [2.24, 2.45) is 5.41 Å². The Morgan fingerprint density at radius 1 is 1.00 bits per heavy atom. The van der Waals surface area contributed by atoms with Crippen LogP contribution in [-0.2, 0) is 23.7 Å². The molecule has 5 nitrogen and oxygen atoms in total. The van der Waals surface area contributed by atoms with Crippen molar-refractivity contribution < 1.29 is 23.7 Å². The Balaban J connectivity index is 1.84. The summed E-state index contributed by atoms with van der Waals surface area (Å²) < 4.78 is 29.8. The van der Waals surface area contributed by atoms with Crippen LogP contribution < -0.4 is 0 Å². The first-order valence-electron chi connectivity index (χ1n) is 7.61. The van der Waals surface area contributed by atoms with Crippen molar-refractivity contribution in [2.75, 3.05) is 6.61 Å². The molecule has 3 aliphatic rings. The van der Waals surface area contributed by atoms with E-state index in [1.54, 1.807) is 0 Å². The van der Waals surface area contributed by atoms with Crippen molar-refractivity contribution in [3.63, 3.8) is 0 Å². The fourth-order valence-electron chi connectivity index (χ4n) is 3.66. The lowest BCUT2D eigenvalue weighted by Gasteiger charge is -2.36. The van der Waals surface area contributed by atoms with Gasteiger partial charge in [-0.15, -0.1) is 6.58 Å². The average molecular weight is 298 g/mol. The lowest BCUT2D eigenvalue weighted by Crippen LogP contribution is -2.46. The number of fused-ring (bicyclic) bond motifs is 1. The van der Waals surface area contributed by atoms with Crippen LogP contribution in [-0.4, -0.2) is 42.8 Å². The first kappa shape index (κ1) is 15.4. The summed E-state index contributed by atoms with van der Waals surface area (Å²) in [5.74, 6) is -1.18. The van der Waals surface area contributed by atoms with Gasteiger partial charge in [-0.2, -0.15) is 0 Å². The third-order valence-electron chi connectivity index (χ3n) is 4.59. The number of hydrogen-bond donors (Lipinski definition) is 0. The smallest absolute Gasteiger partial charge is 0.188 e. The summed E-state index contributed by atoms with van der Waals surface area (Å²) in [4.78, 5) is 0. The first-order valence-corrected chi connectivity index (χ1v) is 7.61. The van der Waals surface area contributed by atoms with E-state index < -0.39 is 11.6 Å². The monoisotopic (exact) mass is 298 g/mol. The molecule has 3 heterocycles. The molecule has 0 aliphatic carbocycles. The van der Waals surface area contributed by atoms with Crippen molar-refractivity contribution in [2.45, 2.75) is 77.2 Å². The normalized spacial score (nSPS) is 47.5. The molecule has 0 saturated carbocycles. The molecule has 5 heteroatoms. The summed E-state index contributed by atoms with van der Waals surface area (Å²) >= 11 is 0. The lowest BCUT2D eigenvalue weighted by atomic mass is 9.75. The Morgan fingerprint density at radius 3 is 2.29 bits per heavy atom. The average Bonchev–Trinajstić information content (AvgIpc) is 2.92. The molecule has 3 saturated heterocycles. The van der Waals surface area contributed by atoms with Crippen molar-refractivity contribution in [3.05, 3.63) is 12.7 Å². The predicted octanol–water partition coefficient (Wildman–Crippen LogP) is 2.60. The third-order valence-corrected chi connectivity index (χ3v) is 4.59. The topological polar surface area (TPSA) is 46.2 Å². The number of hydrogen-bond acceptors (Lipinski definition) is 5. The summed E-state index contributed by atoms with van der Waals surface area (Å²) in [5.41, 5.74) is -0.241. The van der Waals surface area contributed by atoms with E-state index >= 15 is 0 Å². The van der Waals surface area contributed by atoms with Crippen LogP contribution >= 0.6 is 0 Å². The predicted molar refractivity (Wildman–Crippen MR) is 76.5 cm³/mol. The minimum atomic E-state index is -0.616. The minimum Gasteiger partial charge on any atom is -0.348 e. The molecule has 3 fully saturated rings. The molecule has 21 heavy (non-hydrogen) atoms. The van der Waals surface area contributed by atoms with E-state index in [4.69, 9.17) is 23.7 Å². The third kappa shape index (κ3) is 2.55. The maximum atomic E-state index is 6.17. The van der Waals surface area contributed by atoms with Gasteiger partial charge in [0.25, 0.3) is 0 Å². The fourth-order valence-corrected chi connectivity index (χ4v) is 3.66. The van der Waals surface area contributed by atoms with Crippen LogP contribution in [0.2, 0.25) is 0 Å². The van der Waals surface area contributed by atoms with E-state index in [0.717, 1.165) is 6.42 Å². The Hall–Kier alpha value is -0.460. The maximum absolute atomic E-state index is 6.17. The molecule has 0 aromatic carbocycles. The highest BCUT2D eigenvalue weighted by atomic mass is 16.8. The van der Waals surface area contributed by atoms with Crippen LogP contribution in [0, 0.1) is 5.41 Å². The Bertz CT molecular complexity index is 432. The van der Waals surface area contributed by atoms with E-state index in [1.165, 1.54) is 0 Å². The first-order chi connectivity index (χ1) is 9.67. The van der Waals surface area contributed by atoms with Crippen molar-refractivity contribution in [1.29, 1.82) is 0 Å². The molecule has 3 rings (SSSR count). The number of allylic oxidation sites excluding steroid dienone is 1. The van der Waals surface area contributed by atoms with E-state index in [9.17, 15) is 0 Å². The van der Waals surface area contributed by atoms with Crippen molar-refractivity contribution >= 4 is 0 Å². The zero-order valence-electron chi connectivity index (χ0n) is 13.5. The van der Waals surface area contributed by atoms with Gasteiger partial charge in [0.05, 0.1) is 12.7 Å². The van der Waals surface area contributed by atoms with Gasteiger partial charge in [-0.25, -0.2) is 0 Å². The highest BCUT2D eigenvalue weighted by molar-refractivity contribution is 5.07. The summed E-state index contributed by atoms with van der Waals surface area (Å²) in [6.45, 7) is 14.2. The number of ether oxygens (including phenoxy) is 5. The van der Waals surface area contributed by atoms with Gasteiger partial charge in [-0.05, 0) is 34.1 Å². The standard InChI is InChI=1S/C16H26O5/c1-7-8-16(6)11(10-9-17-14(2,3)19-10)18-13-12(16)20-15(4,5)21-13/h7,10-13H,1,8-9H2,2-6H3/t10?,11-,12-,13+,16-/m0/s1. The van der Waals surface area contributed by atoms with Crippen LogP contribution in [0.4, 0.5) is 0 Å². The second-order valence-corrected chi connectivity index (χ2v) is 7.35. The maximum Gasteiger partial charge on any atom is 0.188 e. The molecule has 0 aromatic heterocycles. The second kappa shape index (κ2) is 4.77. The Kier molecular flexibility index (Phi) is 3.50. The van der Waals surface area contributed by atoms with E-state index in [2.05, 4.69) is 13.5 Å². The quantitative estimate of drug-likeness (QED) is 0.749. The van der Waals surface area contributed by atoms with Crippen LogP contribution in [0.3, 0.4) is 0 Å². The van der Waals surface area contributed by atoms with Gasteiger partial charge in [0, 0.05) is 5.41 Å². The zero-order valence-corrected chi connectivity index (χ0v) is 13.5. The minimum absolute atomic E-state index is 0.120. The molecular weight excluding hydrogens is 272 g/mol. The highest BCUT2D eigenvalue weighted by Gasteiger charge is 2.63. The molecule has 3 aliphatic heterocycles. The zero-order chi connectivity index (χ0) is 15.5. The summed E-state index contributed by atoms with van der Waals surface area (Å²) in [6, 6.07) is 0. The van der Waals surface area contributed by atoms with Gasteiger partial charge in [0.15, 0.2) is 17.9 Å². The van der Waals surface area contributed by atoms with Crippen LogP contribution in [0.15, 0.2) is 12.7 Å². The van der Waals surface area contributed by atoms with E-state index in [0.29, 0.717) is 6.61 Å². The van der Waals surface area contributed by atoms with Crippen LogP contribution in [0.25, 0.3) is 0 Å². The Morgan fingerprint density at radius 2 is 1.71 bits per heavy atom. The van der Waals surface area contributed by atoms with Crippen LogP contribution in [0.5, 0.6) is 0 Å². The second-order valence-electron chi connectivity index (χ2n) is 7.35. The molecule has 0 bridgehead atoms. The largest absolute Gasteiger partial charge is 0.348 e. The molecule has 1 unspecified atom stereocenters. The molecule has 0 amide bonds. The Labute approximate surface area is 126 Å². The molecular formula is C16H26O5. The highest BCUT2D eigenvalue weighted by Crippen LogP contribution is 2.52. The van der Waals surface area contributed by atoms with Gasteiger partial charge < -0.3 is 23.7 Å². The molecule has 120 valence electrons. The van der Waals surface area contributed by atoms with E-state index in [-0.39, 0.29) is 30.0 Å².